The summed E-state index contributed by atoms with van der Waals surface area (Å²) < 4.78 is 4.35. The molecule has 0 spiro atoms. The molecule has 7 heteroatoms. The summed E-state index contributed by atoms with van der Waals surface area (Å²) in [6, 6.07) is 1.90. The standard InChI is InChI=1S/C13H18BrN5O/c1-4-18-11(5-6-16-18)8-15-12(20)13(2,3)19-9-10(14)7-17-19/h5-7,9H,4,8H2,1-3H3,(H,15,20). The van der Waals surface area contributed by atoms with Crippen molar-refractivity contribution < 1.29 is 4.79 Å². The maximum absolute atomic E-state index is 12.4. The van der Waals surface area contributed by atoms with Crippen LogP contribution in [0.3, 0.4) is 0 Å². The van der Waals surface area contributed by atoms with Crippen LogP contribution in [0.5, 0.6) is 0 Å². The Balaban J connectivity index is 2.04. The smallest absolute Gasteiger partial charge is 0.247 e. The molecular weight excluding hydrogens is 322 g/mol. The van der Waals surface area contributed by atoms with Gasteiger partial charge in [0.25, 0.3) is 0 Å². The third-order valence-electron chi connectivity index (χ3n) is 3.21. The molecule has 1 amide bonds. The van der Waals surface area contributed by atoms with Crippen LogP contribution < -0.4 is 5.32 Å². The predicted octanol–water partition coefficient (Wildman–Crippen LogP) is 1.91. The third kappa shape index (κ3) is 2.92. The fourth-order valence-electron chi connectivity index (χ4n) is 1.89. The summed E-state index contributed by atoms with van der Waals surface area (Å²) in [6.45, 7) is 6.92. The highest BCUT2D eigenvalue weighted by molar-refractivity contribution is 9.10. The first-order valence-corrected chi connectivity index (χ1v) is 7.24. The molecule has 0 aliphatic carbocycles. The van der Waals surface area contributed by atoms with Crippen molar-refractivity contribution in [3.63, 3.8) is 0 Å². The van der Waals surface area contributed by atoms with Crippen LogP contribution in [0.1, 0.15) is 26.5 Å². The summed E-state index contributed by atoms with van der Waals surface area (Å²) in [7, 11) is 0. The number of halogens is 1. The van der Waals surface area contributed by atoms with Crippen LogP contribution in [0.2, 0.25) is 0 Å². The molecule has 0 aliphatic heterocycles. The van der Waals surface area contributed by atoms with E-state index in [2.05, 4.69) is 31.4 Å². The lowest BCUT2D eigenvalue weighted by Crippen LogP contribution is -2.44. The molecule has 6 nitrogen and oxygen atoms in total. The van der Waals surface area contributed by atoms with E-state index in [4.69, 9.17) is 0 Å². The van der Waals surface area contributed by atoms with Crippen LogP contribution in [-0.4, -0.2) is 25.5 Å². The topological polar surface area (TPSA) is 64.7 Å². The number of nitrogens with one attached hydrogen (secondary N) is 1. The molecule has 1 N–H and O–H groups in total. The van der Waals surface area contributed by atoms with E-state index >= 15 is 0 Å². The number of nitrogens with zero attached hydrogens (tertiary/aromatic N) is 4. The van der Waals surface area contributed by atoms with Crippen LogP contribution in [0.4, 0.5) is 0 Å². The molecule has 2 aromatic heterocycles. The second-order valence-electron chi connectivity index (χ2n) is 4.98. The number of hydrogen-bond donors (Lipinski definition) is 1. The van der Waals surface area contributed by atoms with Crippen LogP contribution in [-0.2, 0) is 23.4 Å². The molecule has 20 heavy (non-hydrogen) atoms. The molecule has 0 radical (unpaired) electrons. The van der Waals surface area contributed by atoms with E-state index in [-0.39, 0.29) is 5.91 Å². The minimum absolute atomic E-state index is 0.0862. The molecule has 2 aromatic rings. The fourth-order valence-corrected chi connectivity index (χ4v) is 2.18. The summed E-state index contributed by atoms with van der Waals surface area (Å²) >= 11 is 3.34. The van der Waals surface area contributed by atoms with Crippen LogP contribution in [0.15, 0.2) is 29.1 Å². The van der Waals surface area contributed by atoms with Crippen LogP contribution in [0.25, 0.3) is 0 Å². The van der Waals surface area contributed by atoms with Gasteiger partial charge >= 0.3 is 0 Å². The van der Waals surface area contributed by atoms with E-state index in [1.54, 1.807) is 23.3 Å². The molecule has 2 rings (SSSR count). The van der Waals surface area contributed by atoms with E-state index in [0.29, 0.717) is 6.54 Å². The highest BCUT2D eigenvalue weighted by Gasteiger charge is 2.30. The van der Waals surface area contributed by atoms with Gasteiger partial charge in [-0.2, -0.15) is 10.2 Å². The van der Waals surface area contributed by atoms with Gasteiger partial charge in [-0.05, 0) is 42.8 Å². The first kappa shape index (κ1) is 14.8. The average Bonchev–Trinajstić information content (AvgIpc) is 3.04. The minimum atomic E-state index is -0.747. The first-order chi connectivity index (χ1) is 9.45. The highest BCUT2D eigenvalue weighted by atomic mass is 79.9. The van der Waals surface area contributed by atoms with Gasteiger partial charge in [-0.3, -0.25) is 14.2 Å². The van der Waals surface area contributed by atoms with Gasteiger partial charge in [-0.25, -0.2) is 0 Å². The van der Waals surface area contributed by atoms with Crippen LogP contribution in [0, 0.1) is 0 Å². The number of hydrogen-bond acceptors (Lipinski definition) is 3. The van der Waals surface area contributed by atoms with Gasteiger partial charge in [-0.1, -0.05) is 0 Å². The van der Waals surface area contributed by atoms with Crippen molar-refractivity contribution in [2.45, 2.75) is 39.4 Å². The number of aryl methyl sites for hydroxylation is 1. The van der Waals surface area contributed by atoms with Gasteiger partial charge in [-0.15, -0.1) is 0 Å². The summed E-state index contributed by atoms with van der Waals surface area (Å²) in [5.74, 6) is -0.0862. The largest absolute Gasteiger partial charge is 0.348 e. The van der Waals surface area contributed by atoms with Gasteiger partial charge in [0.1, 0.15) is 5.54 Å². The Kier molecular flexibility index (Phi) is 4.27. The number of rotatable bonds is 5. The Labute approximate surface area is 126 Å². The van der Waals surface area contributed by atoms with Crippen molar-refractivity contribution in [1.82, 2.24) is 24.9 Å². The number of aromatic nitrogens is 4. The summed E-state index contributed by atoms with van der Waals surface area (Å²) in [6.07, 6.45) is 5.19. The quantitative estimate of drug-likeness (QED) is 0.904. The lowest BCUT2D eigenvalue weighted by atomic mass is 10.1. The minimum Gasteiger partial charge on any atom is -0.348 e. The van der Waals surface area contributed by atoms with Gasteiger partial charge in [0, 0.05) is 18.9 Å². The lowest BCUT2D eigenvalue weighted by Gasteiger charge is -2.24. The van der Waals surface area contributed by atoms with Crippen molar-refractivity contribution in [2.24, 2.45) is 0 Å². The van der Waals surface area contributed by atoms with E-state index in [0.717, 1.165) is 16.7 Å². The Morgan fingerprint density at radius 1 is 1.45 bits per heavy atom. The number of carbonyl (C=O) groups is 1. The number of carbonyl (C=O) groups excluding carboxylic acids is 1. The Morgan fingerprint density at radius 3 is 2.80 bits per heavy atom. The van der Waals surface area contributed by atoms with Crippen molar-refractivity contribution in [2.75, 3.05) is 0 Å². The molecule has 0 bridgehead atoms. The van der Waals surface area contributed by atoms with Crippen molar-refractivity contribution >= 4 is 21.8 Å². The highest BCUT2D eigenvalue weighted by Crippen LogP contribution is 2.17. The van der Waals surface area contributed by atoms with E-state index in [1.165, 1.54) is 0 Å². The third-order valence-corrected chi connectivity index (χ3v) is 3.62. The second kappa shape index (κ2) is 5.78. The summed E-state index contributed by atoms with van der Waals surface area (Å²) in [5.41, 5.74) is 0.238. The monoisotopic (exact) mass is 339 g/mol. The van der Waals surface area contributed by atoms with Gasteiger partial charge < -0.3 is 5.32 Å². The lowest BCUT2D eigenvalue weighted by molar-refractivity contribution is -0.129. The van der Waals surface area contributed by atoms with E-state index in [9.17, 15) is 4.79 Å². The Bertz CT molecular complexity index is 601. The molecule has 2 heterocycles. The molecule has 0 fully saturated rings. The van der Waals surface area contributed by atoms with Crippen LogP contribution >= 0.6 is 15.9 Å². The zero-order valence-electron chi connectivity index (χ0n) is 11.8. The summed E-state index contributed by atoms with van der Waals surface area (Å²) in [4.78, 5) is 12.4. The fraction of sp³-hybridized carbons (Fsp3) is 0.462. The molecule has 0 unspecified atom stereocenters. The molecule has 0 saturated heterocycles. The van der Waals surface area contributed by atoms with Gasteiger partial charge in [0.15, 0.2) is 0 Å². The first-order valence-electron chi connectivity index (χ1n) is 6.44. The zero-order valence-corrected chi connectivity index (χ0v) is 13.4. The van der Waals surface area contributed by atoms with E-state index in [1.807, 2.05) is 31.5 Å². The molecule has 108 valence electrons. The zero-order chi connectivity index (χ0) is 14.8. The predicted molar refractivity (Wildman–Crippen MR) is 79.0 cm³/mol. The Morgan fingerprint density at radius 2 is 2.20 bits per heavy atom. The molecule has 0 atom stereocenters. The SMILES string of the molecule is CCn1nccc1CNC(=O)C(C)(C)n1cc(Br)cn1. The Hall–Kier alpha value is -1.63. The molecule has 0 aromatic carbocycles. The van der Waals surface area contributed by atoms with Gasteiger partial charge in [0.05, 0.1) is 22.9 Å². The van der Waals surface area contributed by atoms with E-state index < -0.39 is 5.54 Å². The molecule has 0 aliphatic rings. The number of amides is 1. The average molecular weight is 340 g/mol. The van der Waals surface area contributed by atoms with Crippen molar-refractivity contribution in [3.05, 3.63) is 34.8 Å². The van der Waals surface area contributed by atoms with Crippen molar-refractivity contribution in [1.29, 1.82) is 0 Å². The maximum atomic E-state index is 12.4. The molecule has 0 saturated carbocycles. The van der Waals surface area contributed by atoms with Gasteiger partial charge in [0.2, 0.25) is 5.91 Å². The second-order valence-corrected chi connectivity index (χ2v) is 5.90. The molecular formula is C13H18BrN5O. The maximum Gasteiger partial charge on any atom is 0.247 e. The summed E-state index contributed by atoms with van der Waals surface area (Å²) in [5, 5.41) is 11.3. The normalized spacial score (nSPS) is 11.6. The van der Waals surface area contributed by atoms with Crippen molar-refractivity contribution in [3.8, 4) is 0 Å².